The Morgan fingerprint density at radius 2 is 2.16 bits per heavy atom. The molecule has 0 spiro atoms. The van der Waals surface area contributed by atoms with Crippen molar-refractivity contribution in [3.8, 4) is 0 Å². The second kappa shape index (κ2) is 4.97. The number of aliphatic carboxylic acids is 1. The normalized spacial score (nSPS) is 13.1. The molecule has 0 radical (unpaired) electrons. The van der Waals surface area contributed by atoms with Crippen LogP contribution in [0.25, 0.3) is 0 Å². The molecule has 1 aliphatic rings. The number of fused-ring (bicyclic) bond motifs is 1. The van der Waals surface area contributed by atoms with Gasteiger partial charge in [-0.15, -0.1) is 0 Å². The van der Waals surface area contributed by atoms with Gasteiger partial charge in [0, 0.05) is 18.4 Å². The number of hydrogen-bond acceptors (Lipinski definition) is 3. The summed E-state index contributed by atoms with van der Waals surface area (Å²) in [6.07, 6.45) is 0.304. The predicted octanol–water partition coefficient (Wildman–Crippen LogP) is 0.412. The largest absolute Gasteiger partial charge is 0.480 e. The van der Waals surface area contributed by atoms with E-state index in [1.54, 1.807) is 30.1 Å². The van der Waals surface area contributed by atoms with Gasteiger partial charge in [-0.05, 0) is 23.8 Å². The van der Waals surface area contributed by atoms with Crippen molar-refractivity contribution in [2.75, 3.05) is 23.8 Å². The lowest BCUT2D eigenvalue weighted by molar-refractivity contribution is -0.135. The van der Waals surface area contributed by atoms with Crippen LogP contribution >= 0.6 is 0 Å². The van der Waals surface area contributed by atoms with E-state index in [4.69, 9.17) is 5.11 Å². The highest BCUT2D eigenvalue weighted by molar-refractivity contribution is 6.02. The third-order valence-electron chi connectivity index (χ3n) is 2.81. The van der Waals surface area contributed by atoms with Crippen molar-refractivity contribution in [2.24, 2.45) is 0 Å². The fourth-order valence-corrected chi connectivity index (χ4v) is 1.88. The minimum Gasteiger partial charge on any atom is -0.480 e. The summed E-state index contributed by atoms with van der Waals surface area (Å²) in [6.45, 7) is -0.446. The SMILES string of the molecule is CN1C(=O)Cc2cc(NC(=O)NCC(=O)O)ccc21. The number of rotatable bonds is 3. The summed E-state index contributed by atoms with van der Waals surface area (Å²) in [5.41, 5.74) is 2.18. The number of carboxylic acid groups (broad SMARTS) is 1. The molecule has 0 saturated carbocycles. The summed E-state index contributed by atoms with van der Waals surface area (Å²) in [7, 11) is 1.70. The topological polar surface area (TPSA) is 98.7 Å². The lowest BCUT2D eigenvalue weighted by Crippen LogP contribution is -2.33. The van der Waals surface area contributed by atoms with Gasteiger partial charge in [-0.3, -0.25) is 9.59 Å². The van der Waals surface area contributed by atoms with Crippen LogP contribution in [0.1, 0.15) is 5.56 Å². The molecule has 7 heteroatoms. The molecular formula is C12H13N3O4. The zero-order chi connectivity index (χ0) is 14.0. The highest BCUT2D eigenvalue weighted by Gasteiger charge is 2.23. The second-order valence-corrected chi connectivity index (χ2v) is 4.17. The maximum atomic E-state index is 11.5. The van der Waals surface area contributed by atoms with Gasteiger partial charge in [0.25, 0.3) is 0 Å². The molecule has 3 N–H and O–H groups in total. The Bertz CT molecular complexity index is 556. The van der Waals surface area contributed by atoms with Crippen molar-refractivity contribution in [3.05, 3.63) is 23.8 Å². The van der Waals surface area contributed by atoms with Crippen LogP contribution in [0.3, 0.4) is 0 Å². The molecule has 19 heavy (non-hydrogen) atoms. The van der Waals surface area contributed by atoms with Crippen molar-refractivity contribution in [1.82, 2.24) is 5.32 Å². The van der Waals surface area contributed by atoms with Gasteiger partial charge in [0.2, 0.25) is 5.91 Å². The van der Waals surface area contributed by atoms with E-state index in [-0.39, 0.29) is 5.91 Å². The monoisotopic (exact) mass is 263 g/mol. The number of hydrogen-bond donors (Lipinski definition) is 3. The minimum atomic E-state index is -1.11. The Hall–Kier alpha value is -2.57. The van der Waals surface area contributed by atoms with Crippen molar-refractivity contribution in [2.45, 2.75) is 6.42 Å². The van der Waals surface area contributed by atoms with E-state index in [1.807, 2.05) is 0 Å². The van der Waals surface area contributed by atoms with E-state index < -0.39 is 18.5 Å². The van der Waals surface area contributed by atoms with Gasteiger partial charge in [-0.1, -0.05) is 0 Å². The molecule has 0 aromatic heterocycles. The number of nitrogens with zero attached hydrogens (tertiary/aromatic N) is 1. The molecule has 1 aromatic carbocycles. The smallest absolute Gasteiger partial charge is 0.323 e. The van der Waals surface area contributed by atoms with Crippen LogP contribution in [0.5, 0.6) is 0 Å². The summed E-state index contributed by atoms with van der Waals surface area (Å²) >= 11 is 0. The molecule has 0 unspecified atom stereocenters. The molecule has 2 rings (SSSR count). The average Bonchev–Trinajstić information content (AvgIpc) is 2.62. The molecule has 1 heterocycles. The van der Waals surface area contributed by atoms with Crippen molar-refractivity contribution in [3.63, 3.8) is 0 Å². The first kappa shape index (κ1) is 12.9. The molecule has 0 aliphatic carbocycles. The van der Waals surface area contributed by atoms with Crippen molar-refractivity contribution >= 4 is 29.3 Å². The lowest BCUT2D eigenvalue weighted by Gasteiger charge is -2.11. The summed E-state index contributed by atoms with van der Waals surface area (Å²) in [5.74, 6) is -1.11. The van der Waals surface area contributed by atoms with E-state index in [0.29, 0.717) is 12.1 Å². The Kier molecular flexibility index (Phi) is 3.37. The molecule has 1 aromatic rings. The Morgan fingerprint density at radius 1 is 1.42 bits per heavy atom. The van der Waals surface area contributed by atoms with Gasteiger partial charge in [0.1, 0.15) is 6.54 Å². The summed E-state index contributed by atoms with van der Waals surface area (Å²) < 4.78 is 0. The number of amides is 3. The third-order valence-corrected chi connectivity index (χ3v) is 2.81. The van der Waals surface area contributed by atoms with Crippen LogP contribution < -0.4 is 15.5 Å². The maximum absolute atomic E-state index is 11.5. The number of anilines is 2. The van der Waals surface area contributed by atoms with E-state index in [0.717, 1.165) is 11.3 Å². The predicted molar refractivity (Wildman–Crippen MR) is 68.2 cm³/mol. The van der Waals surface area contributed by atoms with E-state index in [9.17, 15) is 14.4 Å². The van der Waals surface area contributed by atoms with Crippen molar-refractivity contribution < 1.29 is 19.5 Å². The highest BCUT2D eigenvalue weighted by Crippen LogP contribution is 2.29. The van der Waals surface area contributed by atoms with Crippen LogP contribution in [-0.2, 0) is 16.0 Å². The molecule has 100 valence electrons. The molecule has 1 aliphatic heterocycles. The molecule has 0 atom stereocenters. The number of nitrogens with one attached hydrogen (secondary N) is 2. The van der Waals surface area contributed by atoms with E-state index in [1.165, 1.54) is 0 Å². The average molecular weight is 263 g/mol. The van der Waals surface area contributed by atoms with Crippen LogP contribution in [0, 0.1) is 0 Å². The van der Waals surface area contributed by atoms with Gasteiger partial charge in [0.15, 0.2) is 0 Å². The van der Waals surface area contributed by atoms with Gasteiger partial charge in [-0.2, -0.15) is 0 Å². The second-order valence-electron chi connectivity index (χ2n) is 4.17. The summed E-state index contributed by atoms with van der Waals surface area (Å²) in [6, 6.07) is 4.51. The van der Waals surface area contributed by atoms with E-state index >= 15 is 0 Å². The molecular weight excluding hydrogens is 250 g/mol. The Morgan fingerprint density at radius 3 is 2.84 bits per heavy atom. The van der Waals surface area contributed by atoms with Gasteiger partial charge >= 0.3 is 12.0 Å². The standard InChI is InChI=1S/C12H13N3O4/c1-15-9-3-2-8(4-7(9)5-10(15)16)14-12(19)13-6-11(17)18/h2-4H,5-6H2,1H3,(H,17,18)(H2,13,14,19). The Balaban J connectivity index is 2.04. The Labute approximate surface area is 109 Å². The summed E-state index contributed by atoms with van der Waals surface area (Å²) in [5, 5.41) is 13.1. The lowest BCUT2D eigenvalue weighted by atomic mass is 10.1. The van der Waals surface area contributed by atoms with Crippen LogP contribution in [0.4, 0.5) is 16.2 Å². The zero-order valence-electron chi connectivity index (χ0n) is 10.3. The summed E-state index contributed by atoms with van der Waals surface area (Å²) in [4.78, 5) is 34.7. The minimum absolute atomic E-state index is 0.00230. The highest BCUT2D eigenvalue weighted by atomic mass is 16.4. The van der Waals surface area contributed by atoms with Crippen LogP contribution in [-0.4, -0.2) is 36.6 Å². The first-order chi connectivity index (χ1) is 8.97. The van der Waals surface area contributed by atoms with Gasteiger partial charge < -0.3 is 20.6 Å². The van der Waals surface area contributed by atoms with Crippen LogP contribution in [0.2, 0.25) is 0 Å². The van der Waals surface area contributed by atoms with Gasteiger partial charge in [0.05, 0.1) is 6.42 Å². The maximum Gasteiger partial charge on any atom is 0.323 e. The van der Waals surface area contributed by atoms with Crippen LogP contribution in [0.15, 0.2) is 18.2 Å². The van der Waals surface area contributed by atoms with Gasteiger partial charge in [-0.25, -0.2) is 4.79 Å². The fraction of sp³-hybridized carbons (Fsp3) is 0.250. The number of likely N-dealkylation sites (N-methyl/N-ethyl adjacent to an activating group) is 1. The molecule has 0 bridgehead atoms. The first-order valence-electron chi connectivity index (χ1n) is 5.63. The molecule has 7 nitrogen and oxygen atoms in total. The molecule has 3 amide bonds. The fourth-order valence-electron chi connectivity index (χ4n) is 1.88. The number of carbonyl (C=O) groups excluding carboxylic acids is 2. The first-order valence-corrected chi connectivity index (χ1v) is 5.63. The third kappa shape index (κ3) is 2.82. The van der Waals surface area contributed by atoms with Crippen molar-refractivity contribution in [1.29, 1.82) is 0 Å². The number of benzene rings is 1. The van der Waals surface area contributed by atoms with E-state index in [2.05, 4.69) is 10.6 Å². The number of carboxylic acids is 1. The quantitative estimate of drug-likeness (QED) is 0.735. The number of carbonyl (C=O) groups is 3. The zero-order valence-corrected chi connectivity index (χ0v) is 10.3. The molecule has 0 fully saturated rings. The number of urea groups is 1. The molecule has 0 saturated heterocycles.